The quantitative estimate of drug-likeness (QED) is 0.861. The topological polar surface area (TPSA) is 52.3 Å². The molecule has 2 N–H and O–H groups in total. The molecule has 0 heterocycles. The lowest BCUT2D eigenvalue weighted by Gasteiger charge is -2.08. The minimum absolute atomic E-state index is 0.436. The van der Waals surface area contributed by atoms with Crippen molar-refractivity contribution < 1.29 is 8.95 Å². The van der Waals surface area contributed by atoms with Crippen molar-refractivity contribution in [2.75, 3.05) is 12.8 Å². The third-order valence-corrected chi connectivity index (χ3v) is 3.99. The van der Waals surface area contributed by atoms with Gasteiger partial charge in [0.15, 0.2) is 0 Å². The Bertz CT molecular complexity index is 569. The molecule has 1 unspecified atom stereocenters. The zero-order valence-electron chi connectivity index (χ0n) is 10.1. The van der Waals surface area contributed by atoms with E-state index < -0.39 is 10.8 Å². The number of nitrogens with two attached hydrogens (primary N) is 1. The van der Waals surface area contributed by atoms with Crippen molar-refractivity contribution in [3.05, 3.63) is 54.1 Å². The summed E-state index contributed by atoms with van der Waals surface area (Å²) in [6.07, 6.45) is 0. The summed E-state index contributed by atoms with van der Waals surface area (Å²) < 4.78 is 17.5. The van der Waals surface area contributed by atoms with Gasteiger partial charge in [0, 0.05) is 5.69 Å². The Kier molecular flexibility index (Phi) is 3.99. The number of hydrogen-bond acceptors (Lipinski definition) is 3. The van der Waals surface area contributed by atoms with E-state index in [1.165, 1.54) is 0 Å². The van der Waals surface area contributed by atoms with E-state index in [0.29, 0.717) is 22.1 Å². The molecule has 0 aliphatic rings. The van der Waals surface area contributed by atoms with Gasteiger partial charge in [-0.1, -0.05) is 24.3 Å². The first-order valence-electron chi connectivity index (χ1n) is 5.56. The minimum Gasteiger partial charge on any atom is -0.495 e. The van der Waals surface area contributed by atoms with Crippen LogP contribution in [0.2, 0.25) is 0 Å². The number of ether oxygens (including phenoxy) is 1. The predicted molar refractivity (Wildman–Crippen MR) is 74.0 cm³/mol. The number of para-hydroxylation sites is 1. The number of rotatable bonds is 4. The van der Waals surface area contributed by atoms with Gasteiger partial charge in [-0.3, -0.25) is 4.21 Å². The first-order chi connectivity index (χ1) is 8.70. The van der Waals surface area contributed by atoms with Crippen LogP contribution < -0.4 is 10.5 Å². The second-order valence-electron chi connectivity index (χ2n) is 3.89. The van der Waals surface area contributed by atoms with Crippen LogP contribution in [0.1, 0.15) is 5.56 Å². The molecule has 0 aromatic heterocycles. The lowest BCUT2D eigenvalue weighted by Crippen LogP contribution is -2.00. The van der Waals surface area contributed by atoms with Gasteiger partial charge in [0.25, 0.3) is 0 Å². The van der Waals surface area contributed by atoms with Crippen LogP contribution >= 0.6 is 0 Å². The maximum Gasteiger partial charge on any atom is 0.134 e. The van der Waals surface area contributed by atoms with Crippen LogP contribution in [0.3, 0.4) is 0 Å². The van der Waals surface area contributed by atoms with E-state index in [0.717, 1.165) is 5.56 Å². The highest BCUT2D eigenvalue weighted by Gasteiger charge is 2.10. The van der Waals surface area contributed by atoms with Crippen LogP contribution in [0, 0.1) is 0 Å². The first kappa shape index (κ1) is 12.6. The summed E-state index contributed by atoms with van der Waals surface area (Å²) >= 11 is 0. The largest absolute Gasteiger partial charge is 0.495 e. The average molecular weight is 261 g/mol. The fourth-order valence-electron chi connectivity index (χ4n) is 1.72. The van der Waals surface area contributed by atoms with Gasteiger partial charge in [-0.2, -0.15) is 0 Å². The molecule has 1 atom stereocenters. The van der Waals surface area contributed by atoms with E-state index >= 15 is 0 Å². The Morgan fingerprint density at radius 1 is 1.17 bits per heavy atom. The fourth-order valence-corrected chi connectivity index (χ4v) is 2.96. The molecule has 2 aromatic rings. The standard InChI is InChI=1S/C14H15NO2S/c1-17-13-7-2-3-8-14(13)18(16)10-11-5-4-6-12(15)9-11/h2-9H,10,15H2,1H3. The van der Waals surface area contributed by atoms with Gasteiger partial charge >= 0.3 is 0 Å². The van der Waals surface area contributed by atoms with Crippen LogP contribution in [-0.4, -0.2) is 11.3 Å². The van der Waals surface area contributed by atoms with Crippen LogP contribution in [0.5, 0.6) is 5.75 Å². The molecule has 0 saturated carbocycles. The number of nitrogen functional groups attached to an aromatic ring is 1. The lowest BCUT2D eigenvalue weighted by atomic mass is 10.2. The van der Waals surface area contributed by atoms with Crippen molar-refractivity contribution in [1.29, 1.82) is 0 Å². The molecule has 0 aliphatic heterocycles. The van der Waals surface area contributed by atoms with Gasteiger partial charge in [-0.25, -0.2) is 0 Å². The summed E-state index contributed by atoms with van der Waals surface area (Å²) in [5, 5.41) is 0. The molecule has 2 rings (SSSR count). The Balaban J connectivity index is 2.22. The summed E-state index contributed by atoms with van der Waals surface area (Å²) in [6.45, 7) is 0. The molecule has 0 amide bonds. The molecule has 0 radical (unpaired) electrons. The molecular formula is C14H15NO2S. The molecule has 0 aliphatic carbocycles. The molecule has 4 heteroatoms. The number of hydrogen-bond donors (Lipinski definition) is 1. The van der Waals surface area contributed by atoms with Crippen LogP contribution in [0.25, 0.3) is 0 Å². The summed E-state index contributed by atoms with van der Waals surface area (Å²) in [6, 6.07) is 14.8. The summed E-state index contributed by atoms with van der Waals surface area (Å²) in [7, 11) is 0.445. The predicted octanol–water partition coefficient (Wildman–Crippen LogP) is 2.59. The highest BCUT2D eigenvalue weighted by Crippen LogP contribution is 2.23. The Morgan fingerprint density at radius 3 is 2.67 bits per heavy atom. The second kappa shape index (κ2) is 5.69. The van der Waals surface area contributed by atoms with Crippen LogP contribution in [0.4, 0.5) is 5.69 Å². The summed E-state index contributed by atoms with van der Waals surface area (Å²) in [5.74, 6) is 1.09. The third-order valence-electron chi connectivity index (χ3n) is 2.56. The summed E-state index contributed by atoms with van der Waals surface area (Å²) in [4.78, 5) is 0.711. The van der Waals surface area contributed by atoms with Crippen molar-refractivity contribution in [2.24, 2.45) is 0 Å². The van der Waals surface area contributed by atoms with E-state index in [9.17, 15) is 4.21 Å². The van der Waals surface area contributed by atoms with E-state index in [-0.39, 0.29) is 0 Å². The molecular weight excluding hydrogens is 246 g/mol. The zero-order valence-corrected chi connectivity index (χ0v) is 10.9. The van der Waals surface area contributed by atoms with Gasteiger partial charge < -0.3 is 10.5 Å². The number of benzene rings is 2. The molecule has 2 aromatic carbocycles. The van der Waals surface area contributed by atoms with Crippen LogP contribution in [-0.2, 0) is 16.6 Å². The molecule has 18 heavy (non-hydrogen) atoms. The van der Waals surface area contributed by atoms with E-state index in [4.69, 9.17) is 10.5 Å². The monoisotopic (exact) mass is 261 g/mol. The van der Waals surface area contributed by atoms with Crippen LogP contribution in [0.15, 0.2) is 53.4 Å². The smallest absolute Gasteiger partial charge is 0.134 e. The van der Waals surface area contributed by atoms with Gasteiger partial charge in [0.2, 0.25) is 0 Å². The Hall–Kier alpha value is -1.81. The normalized spacial score (nSPS) is 12.1. The molecule has 0 saturated heterocycles. The molecule has 0 bridgehead atoms. The van der Waals surface area contributed by atoms with Gasteiger partial charge in [0.05, 0.1) is 28.6 Å². The third kappa shape index (κ3) is 2.90. The van der Waals surface area contributed by atoms with Gasteiger partial charge in [-0.05, 0) is 29.8 Å². The van der Waals surface area contributed by atoms with Gasteiger partial charge in [-0.15, -0.1) is 0 Å². The Morgan fingerprint density at radius 2 is 1.94 bits per heavy atom. The highest BCUT2D eigenvalue weighted by molar-refractivity contribution is 7.84. The molecule has 3 nitrogen and oxygen atoms in total. The van der Waals surface area contributed by atoms with Crippen molar-refractivity contribution in [3.8, 4) is 5.75 Å². The molecule has 0 fully saturated rings. The molecule has 0 spiro atoms. The van der Waals surface area contributed by atoms with Crippen molar-refractivity contribution in [2.45, 2.75) is 10.6 Å². The molecule has 94 valence electrons. The van der Waals surface area contributed by atoms with Crippen molar-refractivity contribution in [1.82, 2.24) is 0 Å². The second-order valence-corrected chi connectivity index (χ2v) is 5.31. The van der Waals surface area contributed by atoms with Gasteiger partial charge in [0.1, 0.15) is 5.75 Å². The summed E-state index contributed by atoms with van der Waals surface area (Å²) in [5.41, 5.74) is 7.35. The van der Waals surface area contributed by atoms with E-state index in [2.05, 4.69) is 0 Å². The highest BCUT2D eigenvalue weighted by atomic mass is 32.2. The van der Waals surface area contributed by atoms with E-state index in [1.54, 1.807) is 7.11 Å². The maximum atomic E-state index is 12.3. The zero-order chi connectivity index (χ0) is 13.0. The lowest BCUT2D eigenvalue weighted by molar-refractivity contribution is 0.404. The van der Waals surface area contributed by atoms with E-state index in [1.807, 2.05) is 48.5 Å². The maximum absolute atomic E-state index is 12.3. The Labute approximate surface area is 109 Å². The van der Waals surface area contributed by atoms with Crippen molar-refractivity contribution >= 4 is 16.5 Å². The SMILES string of the molecule is COc1ccccc1S(=O)Cc1cccc(N)c1. The average Bonchev–Trinajstić information content (AvgIpc) is 2.38. The minimum atomic E-state index is -1.13. The fraction of sp³-hybridized carbons (Fsp3) is 0.143. The van der Waals surface area contributed by atoms with Crippen molar-refractivity contribution in [3.63, 3.8) is 0 Å². The number of methoxy groups -OCH3 is 1. The first-order valence-corrected chi connectivity index (χ1v) is 6.88. The number of anilines is 1.